The van der Waals surface area contributed by atoms with Crippen LogP contribution in [-0.4, -0.2) is 66.8 Å². The van der Waals surface area contributed by atoms with Gasteiger partial charge in [0.2, 0.25) is 11.8 Å². The minimum Gasteiger partial charge on any atom is -0.350 e. The summed E-state index contributed by atoms with van der Waals surface area (Å²) in [6, 6.07) is -0.244. The Kier molecular flexibility index (Phi) is 5.54. The van der Waals surface area contributed by atoms with Crippen LogP contribution in [0.4, 0.5) is 0 Å². The third kappa shape index (κ3) is 3.69. The fourth-order valence-corrected chi connectivity index (χ4v) is 3.94. The largest absolute Gasteiger partial charge is 0.350 e. The molecule has 3 heterocycles. The van der Waals surface area contributed by atoms with Crippen LogP contribution in [0.5, 0.6) is 0 Å². The van der Waals surface area contributed by atoms with E-state index in [1.165, 1.54) is 0 Å². The smallest absolute Gasteiger partial charge is 0.245 e. The molecule has 6 heteroatoms. The van der Waals surface area contributed by atoms with Crippen LogP contribution in [-0.2, 0) is 19.1 Å². The molecule has 3 rings (SSSR count). The van der Waals surface area contributed by atoms with Crippen LogP contribution in [0.25, 0.3) is 0 Å². The van der Waals surface area contributed by atoms with Crippen molar-refractivity contribution in [1.82, 2.24) is 9.80 Å². The fourth-order valence-electron chi connectivity index (χ4n) is 3.94. The second-order valence-electron chi connectivity index (χ2n) is 6.72. The fraction of sp³-hybridized carbons (Fsp3) is 0.882. The van der Waals surface area contributed by atoms with Crippen molar-refractivity contribution in [1.29, 1.82) is 0 Å². The minimum absolute atomic E-state index is 0.0832. The predicted molar refractivity (Wildman–Crippen MR) is 84.6 cm³/mol. The van der Waals surface area contributed by atoms with Crippen molar-refractivity contribution in [2.75, 3.05) is 32.8 Å². The van der Waals surface area contributed by atoms with Crippen molar-refractivity contribution in [3.05, 3.63) is 0 Å². The number of ether oxygens (including phenoxy) is 2. The molecule has 0 aliphatic carbocycles. The third-order valence-electron chi connectivity index (χ3n) is 5.29. The first-order chi connectivity index (χ1) is 11.2. The Morgan fingerprint density at radius 1 is 1.00 bits per heavy atom. The number of nitrogens with zero attached hydrogens (tertiary/aromatic N) is 2. The summed E-state index contributed by atoms with van der Waals surface area (Å²) in [4.78, 5) is 28.7. The molecule has 2 amide bonds. The van der Waals surface area contributed by atoms with Crippen molar-refractivity contribution in [2.24, 2.45) is 5.92 Å². The molecule has 0 aromatic carbocycles. The Labute approximate surface area is 138 Å². The van der Waals surface area contributed by atoms with Gasteiger partial charge in [-0.05, 0) is 32.1 Å². The SMILES string of the molecule is CCC(=O)N1CCCCC1C(=O)N1CCC(C2OCCO2)CC1. The summed E-state index contributed by atoms with van der Waals surface area (Å²) in [6.07, 6.45) is 5.08. The van der Waals surface area contributed by atoms with E-state index in [0.717, 1.165) is 51.7 Å². The van der Waals surface area contributed by atoms with Gasteiger partial charge in [-0.15, -0.1) is 0 Å². The average Bonchev–Trinajstić information content (AvgIpc) is 3.15. The average molecular weight is 324 g/mol. The van der Waals surface area contributed by atoms with Crippen LogP contribution in [0.15, 0.2) is 0 Å². The summed E-state index contributed by atoms with van der Waals surface area (Å²) in [5.74, 6) is 0.630. The second-order valence-corrected chi connectivity index (χ2v) is 6.72. The van der Waals surface area contributed by atoms with Gasteiger partial charge in [-0.3, -0.25) is 9.59 Å². The molecule has 1 unspecified atom stereocenters. The monoisotopic (exact) mass is 324 g/mol. The van der Waals surface area contributed by atoms with Crippen molar-refractivity contribution < 1.29 is 19.1 Å². The molecule has 0 aromatic rings. The van der Waals surface area contributed by atoms with E-state index in [-0.39, 0.29) is 24.1 Å². The van der Waals surface area contributed by atoms with E-state index >= 15 is 0 Å². The van der Waals surface area contributed by atoms with Crippen LogP contribution in [0, 0.1) is 5.92 Å². The Hall–Kier alpha value is -1.14. The first-order valence-corrected chi connectivity index (χ1v) is 9.02. The highest BCUT2D eigenvalue weighted by molar-refractivity contribution is 5.87. The van der Waals surface area contributed by atoms with E-state index in [0.29, 0.717) is 25.6 Å². The maximum Gasteiger partial charge on any atom is 0.245 e. The van der Waals surface area contributed by atoms with Crippen molar-refractivity contribution >= 4 is 11.8 Å². The van der Waals surface area contributed by atoms with Crippen molar-refractivity contribution in [3.8, 4) is 0 Å². The molecule has 0 radical (unpaired) electrons. The van der Waals surface area contributed by atoms with Gasteiger partial charge in [0.15, 0.2) is 6.29 Å². The van der Waals surface area contributed by atoms with Crippen LogP contribution < -0.4 is 0 Å². The number of likely N-dealkylation sites (tertiary alicyclic amines) is 2. The van der Waals surface area contributed by atoms with E-state index in [9.17, 15) is 9.59 Å². The normalized spacial score (nSPS) is 27.4. The van der Waals surface area contributed by atoms with Gasteiger partial charge < -0.3 is 19.3 Å². The number of carbonyl (C=O) groups excluding carboxylic acids is 2. The molecule has 0 bridgehead atoms. The zero-order chi connectivity index (χ0) is 16.2. The second kappa shape index (κ2) is 7.62. The van der Waals surface area contributed by atoms with Crippen LogP contribution in [0.2, 0.25) is 0 Å². The van der Waals surface area contributed by atoms with Gasteiger partial charge >= 0.3 is 0 Å². The molecule has 0 spiro atoms. The zero-order valence-corrected chi connectivity index (χ0v) is 14.0. The predicted octanol–water partition coefficient (Wildman–Crippen LogP) is 1.39. The van der Waals surface area contributed by atoms with Gasteiger partial charge in [-0.2, -0.15) is 0 Å². The molecule has 6 nitrogen and oxygen atoms in total. The lowest BCUT2D eigenvalue weighted by molar-refractivity contribution is -0.150. The van der Waals surface area contributed by atoms with E-state index in [4.69, 9.17) is 9.47 Å². The number of carbonyl (C=O) groups is 2. The summed E-state index contributed by atoms with van der Waals surface area (Å²) >= 11 is 0. The van der Waals surface area contributed by atoms with Gasteiger partial charge in [0, 0.05) is 32.0 Å². The molecule has 0 aromatic heterocycles. The highest BCUT2D eigenvalue weighted by atomic mass is 16.7. The molecule has 3 aliphatic heterocycles. The Morgan fingerprint density at radius 2 is 1.70 bits per heavy atom. The van der Waals surface area contributed by atoms with Gasteiger partial charge in [0.05, 0.1) is 13.2 Å². The van der Waals surface area contributed by atoms with Gasteiger partial charge in [-0.25, -0.2) is 0 Å². The summed E-state index contributed by atoms with van der Waals surface area (Å²) < 4.78 is 11.2. The molecule has 130 valence electrons. The number of hydrogen-bond acceptors (Lipinski definition) is 4. The van der Waals surface area contributed by atoms with Crippen molar-refractivity contribution in [2.45, 2.75) is 57.8 Å². The summed E-state index contributed by atoms with van der Waals surface area (Å²) in [5.41, 5.74) is 0. The van der Waals surface area contributed by atoms with Crippen molar-refractivity contribution in [3.63, 3.8) is 0 Å². The Morgan fingerprint density at radius 3 is 2.35 bits per heavy atom. The maximum absolute atomic E-state index is 12.9. The van der Waals surface area contributed by atoms with Crippen LogP contribution in [0.1, 0.15) is 45.4 Å². The van der Waals surface area contributed by atoms with E-state index in [2.05, 4.69) is 0 Å². The lowest BCUT2D eigenvalue weighted by Gasteiger charge is -2.40. The molecular formula is C17H28N2O4. The highest BCUT2D eigenvalue weighted by Gasteiger charge is 2.37. The molecule has 3 saturated heterocycles. The Balaban J connectivity index is 1.56. The lowest BCUT2D eigenvalue weighted by atomic mass is 9.94. The van der Waals surface area contributed by atoms with E-state index in [1.54, 1.807) is 4.90 Å². The molecule has 0 saturated carbocycles. The van der Waals surface area contributed by atoms with Gasteiger partial charge in [0.1, 0.15) is 6.04 Å². The summed E-state index contributed by atoms with van der Waals surface area (Å²) in [5, 5.41) is 0. The molecule has 0 N–H and O–H groups in total. The molecule has 1 atom stereocenters. The van der Waals surface area contributed by atoms with Gasteiger partial charge in [0.25, 0.3) is 0 Å². The summed E-state index contributed by atoms with van der Waals surface area (Å²) in [7, 11) is 0. The maximum atomic E-state index is 12.9. The quantitative estimate of drug-likeness (QED) is 0.787. The third-order valence-corrected chi connectivity index (χ3v) is 5.29. The molecule has 23 heavy (non-hydrogen) atoms. The standard InChI is InChI=1S/C17H28N2O4/c1-2-15(20)19-8-4-3-5-14(19)16(21)18-9-6-13(7-10-18)17-22-11-12-23-17/h13-14,17H,2-12H2,1H3. The molecule has 3 aliphatic rings. The van der Waals surface area contributed by atoms with Crippen LogP contribution in [0.3, 0.4) is 0 Å². The van der Waals surface area contributed by atoms with Crippen LogP contribution >= 0.6 is 0 Å². The summed E-state index contributed by atoms with van der Waals surface area (Å²) in [6.45, 7) is 5.45. The first kappa shape index (κ1) is 16.7. The van der Waals surface area contributed by atoms with Gasteiger partial charge in [-0.1, -0.05) is 6.92 Å². The number of piperidine rings is 2. The highest BCUT2D eigenvalue weighted by Crippen LogP contribution is 2.27. The first-order valence-electron chi connectivity index (χ1n) is 9.02. The minimum atomic E-state index is -0.244. The topological polar surface area (TPSA) is 59.1 Å². The lowest BCUT2D eigenvalue weighted by Crippen LogP contribution is -2.54. The number of rotatable bonds is 3. The number of amides is 2. The zero-order valence-electron chi connectivity index (χ0n) is 14.0. The van der Waals surface area contributed by atoms with E-state index < -0.39 is 0 Å². The Bertz CT molecular complexity index is 428. The number of hydrogen-bond donors (Lipinski definition) is 0. The molecule has 3 fully saturated rings. The van der Waals surface area contributed by atoms with E-state index in [1.807, 2.05) is 11.8 Å². The molecular weight excluding hydrogens is 296 g/mol.